The summed E-state index contributed by atoms with van der Waals surface area (Å²) in [6, 6.07) is 7.86. The zero-order valence-corrected chi connectivity index (χ0v) is 9.51. The molecule has 1 aromatic rings. The molecule has 0 spiro atoms. The molecular weight excluding hydrogens is 253 g/mol. The molecule has 0 radical (unpaired) electrons. The number of rotatable bonds is 3. The standard InChI is InChI=1S/C9H12BrNO.ClH/c10-8-3-1-2-7(4-8)5-9(12)6-11;/h1-4,9,12H,5-6,11H2;1H. The van der Waals surface area contributed by atoms with Gasteiger partial charge in [0, 0.05) is 11.0 Å². The van der Waals surface area contributed by atoms with Crippen molar-refractivity contribution in [2.45, 2.75) is 12.5 Å². The molecule has 3 N–H and O–H groups in total. The van der Waals surface area contributed by atoms with E-state index in [9.17, 15) is 5.11 Å². The summed E-state index contributed by atoms with van der Waals surface area (Å²) in [4.78, 5) is 0. The Bertz CT molecular complexity index is 257. The lowest BCUT2D eigenvalue weighted by atomic mass is 10.1. The first-order valence-electron chi connectivity index (χ1n) is 3.85. The van der Waals surface area contributed by atoms with Gasteiger partial charge in [0.2, 0.25) is 0 Å². The molecule has 0 fully saturated rings. The minimum Gasteiger partial charge on any atom is -0.391 e. The second-order valence-corrected chi connectivity index (χ2v) is 3.64. The quantitative estimate of drug-likeness (QED) is 0.875. The van der Waals surface area contributed by atoms with Crippen molar-refractivity contribution < 1.29 is 5.11 Å². The monoisotopic (exact) mass is 265 g/mol. The number of hydrogen-bond donors (Lipinski definition) is 2. The van der Waals surface area contributed by atoms with E-state index in [2.05, 4.69) is 15.9 Å². The molecule has 4 heteroatoms. The van der Waals surface area contributed by atoms with Crippen molar-refractivity contribution in [1.82, 2.24) is 0 Å². The van der Waals surface area contributed by atoms with Crippen molar-refractivity contribution in [2.75, 3.05) is 6.54 Å². The van der Waals surface area contributed by atoms with Crippen LogP contribution in [-0.4, -0.2) is 17.8 Å². The van der Waals surface area contributed by atoms with Gasteiger partial charge in [0.15, 0.2) is 0 Å². The second-order valence-electron chi connectivity index (χ2n) is 2.72. The molecule has 0 aliphatic heterocycles. The first kappa shape index (κ1) is 12.9. The van der Waals surface area contributed by atoms with Crippen LogP contribution in [0.2, 0.25) is 0 Å². The van der Waals surface area contributed by atoms with Gasteiger partial charge in [0.1, 0.15) is 0 Å². The van der Waals surface area contributed by atoms with Gasteiger partial charge in [-0.3, -0.25) is 0 Å². The van der Waals surface area contributed by atoms with Gasteiger partial charge in [-0.2, -0.15) is 0 Å². The molecule has 0 amide bonds. The summed E-state index contributed by atoms with van der Waals surface area (Å²) in [7, 11) is 0. The molecule has 0 saturated carbocycles. The molecular formula is C9H13BrClNO. The lowest BCUT2D eigenvalue weighted by Crippen LogP contribution is -2.21. The molecule has 1 aromatic carbocycles. The number of aliphatic hydroxyl groups is 1. The molecule has 0 bridgehead atoms. The highest BCUT2D eigenvalue weighted by molar-refractivity contribution is 9.10. The van der Waals surface area contributed by atoms with E-state index in [0.717, 1.165) is 10.0 Å². The van der Waals surface area contributed by atoms with Gasteiger partial charge in [0.25, 0.3) is 0 Å². The number of halogens is 2. The molecule has 0 heterocycles. The van der Waals surface area contributed by atoms with Crippen LogP contribution in [0.1, 0.15) is 5.56 Å². The van der Waals surface area contributed by atoms with Gasteiger partial charge < -0.3 is 10.8 Å². The molecule has 74 valence electrons. The summed E-state index contributed by atoms with van der Waals surface area (Å²) in [5.41, 5.74) is 6.40. The molecule has 13 heavy (non-hydrogen) atoms. The first-order valence-corrected chi connectivity index (χ1v) is 4.64. The first-order chi connectivity index (χ1) is 5.72. The maximum absolute atomic E-state index is 9.26. The molecule has 0 aromatic heterocycles. The summed E-state index contributed by atoms with van der Waals surface area (Å²) < 4.78 is 1.03. The summed E-state index contributed by atoms with van der Waals surface area (Å²) in [6.07, 6.45) is 0.190. The molecule has 1 atom stereocenters. The smallest absolute Gasteiger partial charge is 0.0702 e. The van der Waals surface area contributed by atoms with E-state index in [-0.39, 0.29) is 12.4 Å². The lowest BCUT2D eigenvalue weighted by Gasteiger charge is -2.07. The Hall–Kier alpha value is -0.0900. The Morgan fingerprint density at radius 2 is 2.15 bits per heavy atom. The average molecular weight is 267 g/mol. The Balaban J connectivity index is 0.00000144. The largest absolute Gasteiger partial charge is 0.391 e. The van der Waals surface area contributed by atoms with E-state index < -0.39 is 6.10 Å². The summed E-state index contributed by atoms with van der Waals surface area (Å²) in [5, 5.41) is 9.26. The van der Waals surface area contributed by atoms with Gasteiger partial charge in [-0.05, 0) is 24.1 Å². The van der Waals surface area contributed by atoms with E-state index in [1.165, 1.54) is 0 Å². The Morgan fingerprint density at radius 1 is 1.46 bits per heavy atom. The van der Waals surface area contributed by atoms with Crippen molar-refractivity contribution in [3.05, 3.63) is 34.3 Å². The van der Waals surface area contributed by atoms with Crippen LogP contribution in [0.15, 0.2) is 28.7 Å². The number of aliphatic hydroxyl groups excluding tert-OH is 1. The van der Waals surface area contributed by atoms with Crippen LogP contribution in [0.5, 0.6) is 0 Å². The molecule has 2 nitrogen and oxygen atoms in total. The molecule has 0 saturated heterocycles. The fourth-order valence-electron chi connectivity index (χ4n) is 1.02. The van der Waals surface area contributed by atoms with Crippen molar-refractivity contribution in [3.8, 4) is 0 Å². The van der Waals surface area contributed by atoms with Gasteiger partial charge in [-0.25, -0.2) is 0 Å². The SMILES string of the molecule is Cl.NCC(O)Cc1cccc(Br)c1. The Kier molecular flexibility index (Phi) is 6.33. The van der Waals surface area contributed by atoms with Crippen LogP contribution in [0, 0.1) is 0 Å². The van der Waals surface area contributed by atoms with E-state index in [0.29, 0.717) is 13.0 Å². The highest BCUT2D eigenvalue weighted by Gasteiger charge is 2.02. The van der Waals surface area contributed by atoms with E-state index in [1.807, 2.05) is 24.3 Å². The summed E-state index contributed by atoms with van der Waals surface area (Å²) >= 11 is 3.36. The van der Waals surface area contributed by atoms with Crippen molar-refractivity contribution >= 4 is 28.3 Å². The van der Waals surface area contributed by atoms with Crippen LogP contribution < -0.4 is 5.73 Å². The van der Waals surface area contributed by atoms with E-state index in [1.54, 1.807) is 0 Å². The summed E-state index contributed by atoms with van der Waals surface area (Å²) in [5.74, 6) is 0. The van der Waals surface area contributed by atoms with E-state index >= 15 is 0 Å². The fraction of sp³-hybridized carbons (Fsp3) is 0.333. The maximum atomic E-state index is 9.26. The highest BCUT2D eigenvalue weighted by Crippen LogP contribution is 2.12. The predicted octanol–water partition coefficient (Wildman–Crippen LogP) is 1.73. The molecule has 0 aliphatic rings. The van der Waals surface area contributed by atoms with Crippen LogP contribution in [0.25, 0.3) is 0 Å². The topological polar surface area (TPSA) is 46.2 Å². The van der Waals surface area contributed by atoms with Crippen molar-refractivity contribution in [2.24, 2.45) is 5.73 Å². The minimum absolute atomic E-state index is 0. The number of hydrogen-bond acceptors (Lipinski definition) is 2. The molecule has 0 aliphatic carbocycles. The van der Waals surface area contributed by atoms with Crippen LogP contribution in [0.3, 0.4) is 0 Å². The van der Waals surface area contributed by atoms with Gasteiger partial charge in [-0.1, -0.05) is 28.1 Å². The number of nitrogens with two attached hydrogens (primary N) is 1. The molecule has 1 rings (SSSR count). The third-order valence-electron chi connectivity index (χ3n) is 1.63. The minimum atomic E-state index is -0.431. The second kappa shape index (κ2) is 6.38. The third kappa shape index (κ3) is 4.62. The summed E-state index contributed by atoms with van der Waals surface area (Å²) in [6.45, 7) is 0.312. The maximum Gasteiger partial charge on any atom is 0.0702 e. The Morgan fingerprint density at radius 3 is 2.69 bits per heavy atom. The van der Waals surface area contributed by atoms with Crippen molar-refractivity contribution in [1.29, 1.82) is 0 Å². The third-order valence-corrected chi connectivity index (χ3v) is 2.13. The zero-order chi connectivity index (χ0) is 8.97. The van der Waals surface area contributed by atoms with Gasteiger partial charge in [0.05, 0.1) is 6.10 Å². The molecule has 1 unspecified atom stereocenters. The van der Waals surface area contributed by atoms with E-state index in [4.69, 9.17) is 5.73 Å². The normalized spacial score (nSPS) is 11.9. The zero-order valence-electron chi connectivity index (χ0n) is 7.11. The van der Waals surface area contributed by atoms with Gasteiger partial charge in [-0.15, -0.1) is 12.4 Å². The lowest BCUT2D eigenvalue weighted by molar-refractivity contribution is 0.183. The number of benzene rings is 1. The van der Waals surface area contributed by atoms with Crippen LogP contribution in [0.4, 0.5) is 0 Å². The van der Waals surface area contributed by atoms with Gasteiger partial charge >= 0.3 is 0 Å². The fourth-order valence-corrected chi connectivity index (χ4v) is 1.47. The highest BCUT2D eigenvalue weighted by atomic mass is 79.9. The Labute approximate surface area is 92.7 Å². The van der Waals surface area contributed by atoms with Crippen LogP contribution >= 0.6 is 28.3 Å². The van der Waals surface area contributed by atoms with Crippen molar-refractivity contribution in [3.63, 3.8) is 0 Å². The average Bonchev–Trinajstić information content (AvgIpc) is 2.04. The predicted molar refractivity (Wildman–Crippen MR) is 60.2 cm³/mol. The van der Waals surface area contributed by atoms with Crippen LogP contribution in [-0.2, 0) is 6.42 Å².